The summed E-state index contributed by atoms with van der Waals surface area (Å²) in [5.41, 5.74) is -2.94. The van der Waals surface area contributed by atoms with Gasteiger partial charge in [-0.2, -0.15) is 4.31 Å². The van der Waals surface area contributed by atoms with Gasteiger partial charge in [0.25, 0.3) is 11.4 Å². The molecule has 1 atom stereocenters. The topological polar surface area (TPSA) is 203 Å². The van der Waals surface area contributed by atoms with Crippen molar-refractivity contribution < 1.29 is 98.5 Å². The van der Waals surface area contributed by atoms with Crippen LogP contribution in [0.4, 0.5) is 20.4 Å². The number of carbonyl (C=O) groups is 3. The minimum atomic E-state index is -5.14. The Morgan fingerprint density at radius 2 is 1.21 bits per heavy atom. The first-order valence-electron chi connectivity index (χ1n) is 13.9. The summed E-state index contributed by atoms with van der Waals surface area (Å²) in [6.07, 6.45) is 3.08. The summed E-state index contributed by atoms with van der Waals surface area (Å²) in [6.45, 7) is 10.3. The van der Waals surface area contributed by atoms with Gasteiger partial charge in [0.1, 0.15) is 13.3 Å². The summed E-state index contributed by atoms with van der Waals surface area (Å²) in [5.74, 6) is -1.99. The van der Waals surface area contributed by atoms with Crippen molar-refractivity contribution in [1.29, 1.82) is 0 Å². The fourth-order valence-corrected chi connectivity index (χ4v) is 2.74. The zero-order chi connectivity index (χ0) is 36.5. The van der Waals surface area contributed by atoms with Gasteiger partial charge in [-0.15, -0.1) is 11.7 Å². The van der Waals surface area contributed by atoms with Crippen molar-refractivity contribution in [2.24, 2.45) is 16.2 Å². The molecule has 20 heteroatoms. The number of carboxylic acids is 1. The summed E-state index contributed by atoms with van der Waals surface area (Å²) in [6, 6.07) is 0. The number of aliphatic hydroxyl groups is 1. The number of carbonyl (C=O) groups excluding carboxylic acids is 2. The van der Waals surface area contributed by atoms with Gasteiger partial charge >= 0.3 is 36.8 Å². The van der Waals surface area contributed by atoms with E-state index in [0.717, 1.165) is 6.61 Å². The Morgan fingerprint density at radius 1 is 0.833 bits per heavy atom. The van der Waals surface area contributed by atoms with Gasteiger partial charge in [-0.3, -0.25) is 14.4 Å². The van der Waals surface area contributed by atoms with Crippen LogP contribution in [-0.2, 0) is 38.1 Å². The van der Waals surface area contributed by atoms with E-state index in [2.05, 4.69) is 25.9 Å². The molecule has 0 aromatic heterocycles. The molecule has 1 unspecified atom stereocenters. The van der Waals surface area contributed by atoms with Crippen molar-refractivity contribution in [1.82, 2.24) is 4.31 Å². The normalized spacial score (nSPS) is 14.1. The molecule has 0 saturated carbocycles. The Kier molecular flexibility index (Phi) is 42.4. The average Bonchev–Trinajstić information content (AvgIpc) is 3.47. The molecule has 0 bridgehead atoms. The van der Waals surface area contributed by atoms with E-state index >= 15 is 0 Å². The zero-order valence-electron chi connectivity index (χ0n) is 30.5. The molecule has 1 aliphatic rings. The van der Waals surface area contributed by atoms with Gasteiger partial charge in [-0.25, -0.2) is 8.78 Å². The fourth-order valence-electron chi connectivity index (χ4n) is 2.17. The number of aliphatic carboxylic acids is 1. The molecule has 1 rings (SSSR count). The van der Waals surface area contributed by atoms with Crippen molar-refractivity contribution in [2.75, 3.05) is 81.3 Å². The molecule has 1 heterocycles. The molecular formula is C28H59F5LiNO12S. The van der Waals surface area contributed by atoms with Crippen LogP contribution in [0.25, 0.3) is 0 Å². The number of methoxy groups -OCH3 is 4. The van der Waals surface area contributed by atoms with Crippen LogP contribution < -0.4 is 18.9 Å². The first-order valence-corrected chi connectivity index (χ1v) is 15.2. The van der Waals surface area contributed by atoms with Crippen molar-refractivity contribution >= 4 is 29.3 Å². The smallest absolute Gasteiger partial charge is 0.870 e. The third kappa shape index (κ3) is 33.2. The van der Waals surface area contributed by atoms with E-state index in [4.69, 9.17) is 14.9 Å². The van der Waals surface area contributed by atoms with E-state index in [-0.39, 0.29) is 68.7 Å². The first-order chi connectivity index (χ1) is 20.5. The Morgan fingerprint density at radius 3 is 1.33 bits per heavy atom. The van der Waals surface area contributed by atoms with Crippen LogP contribution in [0.5, 0.6) is 0 Å². The number of ether oxygens (including phenoxy) is 5. The van der Waals surface area contributed by atoms with Gasteiger partial charge in [0.15, 0.2) is 0 Å². The number of halogens is 5. The predicted molar refractivity (Wildman–Crippen MR) is 168 cm³/mol. The van der Waals surface area contributed by atoms with Crippen LogP contribution >= 0.6 is 11.4 Å². The van der Waals surface area contributed by atoms with Crippen molar-refractivity contribution in [2.45, 2.75) is 67.4 Å². The Labute approximate surface area is 296 Å². The van der Waals surface area contributed by atoms with Crippen molar-refractivity contribution in [3.05, 3.63) is 0 Å². The van der Waals surface area contributed by atoms with Crippen LogP contribution in [0.15, 0.2) is 0 Å². The summed E-state index contributed by atoms with van der Waals surface area (Å²) < 4.78 is 83.8. The van der Waals surface area contributed by atoms with E-state index in [9.17, 15) is 34.8 Å². The number of aliphatic hydroxyl groups excluding tert-OH is 1. The van der Waals surface area contributed by atoms with Crippen LogP contribution in [0.1, 0.15) is 61.3 Å². The van der Waals surface area contributed by atoms with Gasteiger partial charge < -0.3 is 44.8 Å². The number of rotatable bonds is 13. The van der Waals surface area contributed by atoms with Gasteiger partial charge in [0.2, 0.25) is 0 Å². The van der Waals surface area contributed by atoms with E-state index in [0.29, 0.717) is 10.4 Å². The molecule has 13 nitrogen and oxygen atoms in total. The molecular weight excluding hydrogens is 676 g/mol. The SMILES string of the molecule is CC(C)(CF)C(=O)O.CC1CCCO1.COC(=O)C(C)(C)CF.COC(=O)C(C)(C)CO.COCCN(CCOC)S(F)(F)F.O.[Li+].[OH-]. The molecule has 0 amide bonds. The van der Waals surface area contributed by atoms with Gasteiger partial charge in [0.05, 0.1) is 56.4 Å². The van der Waals surface area contributed by atoms with Crippen LogP contribution in [-0.4, -0.2) is 131 Å². The third-order valence-corrected chi connectivity index (χ3v) is 6.61. The van der Waals surface area contributed by atoms with Crippen molar-refractivity contribution in [3.63, 3.8) is 0 Å². The second kappa shape index (κ2) is 32.9. The fraction of sp³-hybridized carbons (Fsp3) is 0.893. The molecule has 0 spiro atoms. The quantitative estimate of drug-likeness (QED) is 0.157. The van der Waals surface area contributed by atoms with Gasteiger partial charge in [-0.05, 0) is 61.3 Å². The van der Waals surface area contributed by atoms with Crippen LogP contribution in [0.2, 0.25) is 0 Å². The number of hydrogen-bond donors (Lipinski definition) is 2. The second-order valence-electron chi connectivity index (χ2n) is 11.5. The average molecular weight is 736 g/mol. The Hall–Kier alpha value is -1.27. The van der Waals surface area contributed by atoms with Gasteiger partial charge in [0, 0.05) is 33.9 Å². The van der Waals surface area contributed by atoms with E-state index in [1.807, 2.05) is 0 Å². The number of esters is 2. The molecule has 0 radical (unpaired) electrons. The largest absolute Gasteiger partial charge is 1.00 e. The second-order valence-corrected chi connectivity index (χ2v) is 12.8. The maximum absolute atomic E-state index is 12.3. The minimum Gasteiger partial charge on any atom is -0.870 e. The van der Waals surface area contributed by atoms with Crippen LogP contribution in [0, 0.1) is 16.2 Å². The molecule has 290 valence electrons. The minimum absolute atomic E-state index is 0. The molecule has 48 heavy (non-hydrogen) atoms. The summed E-state index contributed by atoms with van der Waals surface area (Å²) >= 11 is -5.14. The zero-order valence-corrected chi connectivity index (χ0v) is 31.3. The molecule has 0 aromatic carbocycles. The summed E-state index contributed by atoms with van der Waals surface area (Å²) in [5, 5.41) is 16.8. The Balaban J connectivity index is -0.0000000878. The summed E-state index contributed by atoms with van der Waals surface area (Å²) in [7, 11) is 5.31. The third-order valence-electron chi connectivity index (χ3n) is 5.66. The van der Waals surface area contributed by atoms with Crippen molar-refractivity contribution in [3.8, 4) is 0 Å². The maximum Gasteiger partial charge on any atom is 1.00 e. The van der Waals surface area contributed by atoms with Crippen LogP contribution in [0.3, 0.4) is 0 Å². The number of hydrogen-bond acceptors (Lipinski definition) is 11. The predicted octanol–water partition coefficient (Wildman–Crippen LogP) is 1.54. The van der Waals surface area contributed by atoms with Gasteiger partial charge in [-0.1, -0.05) is 0 Å². The molecule has 1 fully saturated rings. The number of alkyl halides is 2. The number of nitrogens with zero attached hydrogens (tertiary/aromatic N) is 1. The molecule has 1 saturated heterocycles. The Bertz CT molecular complexity index is 756. The van der Waals surface area contributed by atoms with E-state index in [1.165, 1.54) is 69.0 Å². The number of carboxylic acid groups (broad SMARTS) is 1. The molecule has 0 aliphatic carbocycles. The monoisotopic (exact) mass is 735 g/mol. The maximum atomic E-state index is 12.3. The molecule has 5 N–H and O–H groups in total. The van der Waals surface area contributed by atoms with E-state index < -0.39 is 52.9 Å². The summed E-state index contributed by atoms with van der Waals surface area (Å²) in [4.78, 5) is 31.3. The van der Waals surface area contributed by atoms with E-state index in [1.54, 1.807) is 13.8 Å². The molecule has 1 aliphatic heterocycles. The first kappa shape index (κ1) is 61.9. The molecule has 0 aromatic rings. The standard InChI is InChI=1S/C6H14F3NO2S.C6H11FO2.C6H12O3.C5H9FO2.C5H10O.Li.2H2O/c1-11-5-3-10(4-6-12-2)13(7,8)9;2*1-6(2,4-7)5(8)9-3;1-5(2,3-6)4(7)8;1-5-3-2-4-6-5;;;/h3-6H2,1-2H3;4H2,1-3H3;7H,4H2,1-3H3;3H2,1-2H3,(H,7,8);5H,2-4H2,1H3;;2*1H2/q;;;;;+1;;/p-1.